The molecule has 14 heavy (non-hydrogen) atoms. The molecular formula is C7H5BrN4O2. The zero-order valence-electron chi connectivity index (χ0n) is 7.14. The van der Waals surface area contributed by atoms with Crippen LogP contribution < -0.4 is 0 Å². The molecule has 0 spiro atoms. The molecule has 2 heterocycles. The Hall–Kier alpha value is -1.50. The van der Waals surface area contributed by atoms with Gasteiger partial charge in [0.15, 0.2) is 5.65 Å². The summed E-state index contributed by atoms with van der Waals surface area (Å²) >= 11 is 3.13. The molecule has 0 bridgehead atoms. The fourth-order valence-electron chi connectivity index (χ4n) is 1.17. The average Bonchev–Trinajstić information content (AvgIpc) is 2.49. The molecule has 72 valence electrons. The van der Waals surface area contributed by atoms with Gasteiger partial charge in [-0.2, -0.15) is 0 Å². The van der Waals surface area contributed by atoms with E-state index in [1.165, 1.54) is 6.07 Å². The van der Waals surface area contributed by atoms with Gasteiger partial charge in [-0.25, -0.2) is 0 Å². The Balaban J connectivity index is 2.82. The van der Waals surface area contributed by atoms with Gasteiger partial charge in [-0.05, 0) is 22.9 Å². The predicted molar refractivity (Wildman–Crippen MR) is 52.1 cm³/mol. The Morgan fingerprint density at radius 3 is 2.93 bits per heavy atom. The standard InChI is InChI=1S/C7H5BrN4O2/c1-4-9-10-7-6(8)5(12(13)14)2-3-11(4)7/h2-3H,1H3. The first-order valence-electron chi connectivity index (χ1n) is 3.75. The molecule has 0 aliphatic rings. The van der Waals surface area contributed by atoms with E-state index in [2.05, 4.69) is 26.1 Å². The molecule has 0 saturated carbocycles. The van der Waals surface area contributed by atoms with Crippen LogP contribution in [0.5, 0.6) is 0 Å². The average molecular weight is 257 g/mol. The number of nitrogens with zero attached hydrogens (tertiary/aromatic N) is 4. The summed E-state index contributed by atoms with van der Waals surface area (Å²) in [4.78, 5) is 10.1. The number of halogens is 1. The van der Waals surface area contributed by atoms with Crippen LogP contribution in [0.25, 0.3) is 5.65 Å². The van der Waals surface area contributed by atoms with Crippen molar-refractivity contribution < 1.29 is 4.92 Å². The summed E-state index contributed by atoms with van der Waals surface area (Å²) in [6.07, 6.45) is 1.58. The van der Waals surface area contributed by atoms with Gasteiger partial charge in [-0.1, -0.05) is 0 Å². The second-order valence-electron chi connectivity index (χ2n) is 2.71. The zero-order chi connectivity index (χ0) is 10.3. The summed E-state index contributed by atoms with van der Waals surface area (Å²) < 4.78 is 2.03. The SMILES string of the molecule is Cc1nnc2c(Br)c([N+](=O)[O-])ccn12. The minimum absolute atomic E-state index is 0.00935. The van der Waals surface area contributed by atoms with Crippen molar-refractivity contribution in [1.29, 1.82) is 0 Å². The van der Waals surface area contributed by atoms with Crippen LogP contribution in [0.1, 0.15) is 5.82 Å². The van der Waals surface area contributed by atoms with Crippen molar-refractivity contribution in [3.8, 4) is 0 Å². The molecule has 0 fully saturated rings. The maximum absolute atomic E-state index is 10.6. The van der Waals surface area contributed by atoms with Crippen LogP contribution in [0.2, 0.25) is 0 Å². The van der Waals surface area contributed by atoms with Gasteiger partial charge < -0.3 is 0 Å². The van der Waals surface area contributed by atoms with E-state index in [1.807, 2.05) is 0 Å². The van der Waals surface area contributed by atoms with E-state index in [-0.39, 0.29) is 5.69 Å². The molecule has 0 aromatic carbocycles. The van der Waals surface area contributed by atoms with Gasteiger partial charge in [-0.3, -0.25) is 14.5 Å². The molecule has 0 saturated heterocycles. The molecular weight excluding hydrogens is 252 g/mol. The number of aromatic nitrogens is 3. The van der Waals surface area contributed by atoms with Crippen LogP contribution >= 0.6 is 15.9 Å². The summed E-state index contributed by atoms with van der Waals surface area (Å²) in [7, 11) is 0. The van der Waals surface area contributed by atoms with Crippen molar-refractivity contribution in [2.75, 3.05) is 0 Å². The minimum Gasteiger partial charge on any atom is -0.285 e. The van der Waals surface area contributed by atoms with Gasteiger partial charge in [0.1, 0.15) is 10.3 Å². The number of hydrogen-bond acceptors (Lipinski definition) is 4. The van der Waals surface area contributed by atoms with Crippen LogP contribution in [0, 0.1) is 17.0 Å². The highest BCUT2D eigenvalue weighted by atomic mass is 79.9. The van der Waals surface area contributed by atoms with Crippen LogP contribution in [0.3, 0.4) is 0 Å². The Labute approximate surface area is 86.8 Å². The summed E-state index contributed by atoms with van der Waals surface area (Å²) in [5.74, 6) is 0.690. The second kappa shape index (κ2) is 3.02. The van der Waals surface area contributed by atoms with E-state index in [0.717, 1.165) is 0 Å². The lowest BCUT2D eigenvalue weighted by molar-refractivity contribution is -0.385. The van der Waals surface area contributed by atoms with Crippen molar-refractivity contribution in [2.45, 2.75) is 6.92 Å². The number of fused-ring (bicyclic) bond motifs is 1. The van der Waals surface area contributed by atoms with E-state index in [0.29, 0.717) is 15.9 Å². The van der Waals surface area contributed by atoms with Gasteiger partial charge in [-0.15, -0.1) is 10.2 Å². The molecule has 0 N–H and O–H groups in total. The van der Waals surface area contributed by atoms with Crippen molar-refractivity contribution in [3.63, 3.8) is 0 Å². The summed E-state index contributed by atoms with van der Waals surface area (Å²) in [5.41, 5.74) is 0.446. The third-order valence-electron chi connectivity index (χ3n) is 1.87. The van der Waals surface area contributed by atoms with Gasteiger partial charge in [0, 0.05) is 12.3 Å². The van der Waals surface area contributed by atoms with E-state index in [9.17, 15) is 10.1 Å². The Kier molecular flexibility index (Phi) is 1.95. The van der Waals surface area contributed by atoms with Crippen molar-refractivity contribution in [3.05, 3.63) is 32.7 Å². The largest absolute Gasteiger partial charge is 0.288 e. The number of nitro groups is 1. The third kappa shape index (κ3) is 1.17. The summed E-state index contributed by atoms with van der Waals surface area (Å²) in [6, 6.07) is 1.41. The zero-order valence-corrected chi connectivity index (χ0v) is 8.72. The lowest BCUT2D eigenvalue weighted by atomic mass is 10.4. The lowest BCUT2D eigenvalue weighted by Gasteiger charge is -1.97. The number of hydrogen-bond donors (Lipinski definition) is 0. The van der Waals surface area contributed by atoms with Gasteiger partial charge in [0.05, 0.1) is 4.92 Å². The molecule has 0 aliphatic heterocycles. The smallest absolute Gasteiger partial charge is 0.285 e. The van der Waals surface area contributed by atoms with Gasteiger partial charge in [0.25, 0.3) is 5.69 Å². The first-order chi connectivity index (χ1) is 6.61. The van der Waals surface area contributed by atoms with E-state index in [4.69, 9.17) is 0 Å². The molecule has 2 aromatic rings. The van der Waals surface area contributed by atoms with E-state index in [1.54, 1.807) is 17.5 Å². The van der Waals surface area contributed by atoms with E-state index < -0.39 is 4.92 Å². The number of rotatable bonds is 1. The maximum atomic E-state index is 10.6. The summed E-state index contributed by atoms with van der Waals surface area (Å²) in [6.45, 7) is 1.78. The third-order valence-corrected chi connectivity index (χ3v) is 2.63. The van der Waals surface area contributed by atoms with Gasteiger partial charge in [0.2, 0.25) is 0 Å². The quantitative estimate of drug-likeness (QED) is 0.575. The molecule has 0 amide bonds. The number of aryl methyl sites for hydroxylation is 1. The topological polar surface area (TPSA) is 73.3 Å². The Bertz CT molecular complexity index is 522. The lowest BCUT2D eigenvalue weighted by Crippen LogP contribution is -1.94. The highest BCUT2D eigenvalue weighted by Gasteiger charge is 2.16. The predicted octanol–water partition coefficient (Wildman–Crippen LogP) is 1.71. The molecule has 2 rings (SSSR count). The normalized spacial score (nSPS) is 10.7. The maximum Gasteiger partial charge on any atom is 0.288 e. The highest BCUT2D eigenvalue weighted by molar-refractivity contribution is 9.10. The first-order valence-corrected chi connectivity index (χ1v) is 4.55. The summed E-state index contributed by atoms with van der Waals surface area (Å²) in [5, 5.41) is 18.2. The molecule has 2 aromatic heterocycles. The Morgan fingerprint density at radius 2 is 2.29 bits per heavy atom. The first kappa shape index (κ1) is 9.07. The van der Waals surface area contributed by atoms with Crippen molar-refractivity contribution >= 4 is 27.3 Å². The Morgan fingerprint density at radius 1 is 1.57 bits per heavy atom. The molecule has 0 aliphatic carbocycles. The fraction of sp³-hybridized carbons (Fsp3) is 0.143. The van der Waals surface area contributed by atoms with Crippen LogP contribution in [0.15, 0.2) is 16.7 Å². The van der Waals surface area contributed by atoms with Crippen molar-refractivity contribution in [1.82, 2.24) is 14.6 Å². The van der Waals surface area contributed by atoms with Crippen LogP contribution in [-0.2, 0) is 0 Å². The molecule has 0 unspecified atom stereocenters. The van der Waals surface area contributed by atoms with Crippen LogP contribution in [0.4, 0.5) is 5.69 Å². The molecule has 0 atom stereocenters. The highest BCUT2D eigenvalue weighted by Crippen LogP contribution is 2.27. The molecule has 0 radical (unpaired) electrons. The van der Waals surface area contributed by atoms with E-state index >= 15 is 0 Å². The van der Waals surface area contributed by atoms with Crippen LogP contribution in [-0.4, -0.2) is 19.5 Å². The van der Waals surface area contributed by atoms with Gasteiger partial charge >= 0.3 is 0 Å². The second-order valence-corrected chi connectivity index (χ2v) is 3.51. The minimum atomic E-state index is -0.464. The fourth-order valence-corrected chi connectivity index (χ4v) is 1.72. The number of pyridine rings is 1. The molecule has 6 nitrogen and oxygen atoms in total. The monoisotopic (exact) mass is 256 g/mol. The van der Waals surface area contributed by atoms with Crippen molar-refractivity contribution in [2.24, 2.45) is 0 Å². The molecule has 7 heteroatoms.